The number of aryl methyl sites for hydroxylation is 1. The molecule has 0 saturated heterocycles. The molecule has 104 valence electrons. The van der Waals surface area contributed by atoms with Gasteiger partial charge in [0.1, 0.15) is 5.82 Å². The molecule has 1 N–H and O–H groups in total. The van der Waals surface area contributed by atoms with E-state index in [0.29, 0.717) is 16.4 Å². The largest absolute Gasteiger partial charge is 0.377 e. The van der Waals surface area contributed by atoms with Crippen LogP contribution in [0, 0.1) is 6.92 Å². The lowest BCUT2D eigenvalue weighted by Crippen LogP contribution is -2.15. The van der Waals surface area contributed by atoms with Gasteiger partial charge in [0.25, 0.3) is 5.91 Å². The number of pyridine rings is 1. The van der Waals surface area contributed by atoms with Crippen molar-refractivity contribution in [3.63, 3.8) is 0 Å². The average molecular weight is 290 g/mol. The second-order valence-electron chi connectivity index (χ2n) is 4.71. The van der Waals surface area contributed by atoms with E-state index in [4.69, 9.17) is 11.6 Å². The van der Waals surface area contributed by atoms with Gasteiger partial charge in [0.15, 0.2) is 0 Å². The Bertz CT molecular complexity index is 624. The second-order valence-corrected chi connectivity index (χ2v) is 5.15. The van der Waals surface area contributed by atoms with Crippen LogP contribution in [0.3, 0.4) is 0 Å². The summed E-state index contributed by atoms with van der Waals surface area (Å²) < 4.78 is 0. The SMILES string of the molecule is Cc1cc(C(=O)Nc2ccc(Cl)cn2)ccc1N(C)C. The summed E-state index contributed by atoms with van der Waals surface area (Å²) in [5.74, 6) is 0.293. The molecule has 0 aliphatic rings. The third-order valence-electron chi connectivity index (χ3n) is 2.91. The number of carbonyl (C=O) groups excluding carboxylic acids is 1. The molecule has 4 nitrogen and oxygen atoms in total. The smallest absolute Gasteiger partial charge is 0.256 e. The third-order valence-corrected chi connectivity index (χ3v) is 3.13. The highest BCUT2D eigenvalue weighted by molar-refractivity contribution is 6.30. The molecule has 0 aliphatic carbocycles. The number of benzene rings is 1. The van der Waals surface area contributed by atoms with Gasteiger partial charge in [-0.1, -0.05) is 11.6 Å². The van der Waals surface area contributed by atoms with Gasteiger partial charge in [0, 0.05) is 31.5 Å². The van der Waals surface area contributed by atoms with Crippen molar-refractivity contribution in [1.29, 1.82) is 0 Å². The van der Waals surface area contributed by atoms with Crippen LogP contribution in [-0.2, 0) is 0 Å². The van der Waals surface area contributed by atoms with Crippen LogP contribution in [-0.4, -0.2) is 25.0 Å². The Kier molecular flexibility index (Phi) is 4.25. The number of carbonyl (C=O) groups is 1. The molecular formula is C15H16ClN3O. The summed E-state index contributed by atoms with van der Waals surface area (Å²) in [7, 11) is 3.94. The van der Waals surface area contributed by atoms with Crippen molar-refractivity contribution in [1.82, 2.24) is 4.98 Å². The summed E-state index contributed by atoms with van der Waals surface area (Å²) >= 11 is 5.75. The van der Waals surface area contributed by atoms with Crippen LogP contribution >= 0.6 is 11.6 Å². The van der Waals surface area contributed by atoms with E-state index < -0.39 is 0 Å². The van der Waals surface area contributed by atoms with Crippen molar-refractivity contribution in [3.8, 4) is 0 Å². The number of hydrogen-bond acceptors (Lipinski definition) is 3. The molecule has 0 bridgehead atoms. The summed E-state index contributed by atoms with van der Waals surface area (Å²) in [5.41, 5.74) is 2.74. The minimum absolute atomic E-state index is 0.187. The van der Waals surface area contributed by atoms with Gasteiger partial charge in [-0.2, -0.15) is 0 Å². The van der Waals surface area contributed by atoms with Gasteiger partial charge in [0.2, 0.25) is 0 Å². The van der Waals surface area contributed by atoms with Gasteiger partial charge in [0.05, 0.1) is 5.02 Å². The number of hydrogen-bond donors (Lipinski definition) is 1. The number of halogens is 1. The lowest BCUT2D eigenvalue weighted by Gasteiger charge is -2.16. The highest BCUT2D eigenvalue weighted by Crippen LogP contribution is 2.19. The zero-order valence-corrected chi connectivity index (χ0v) is 12.4. The molecule has 0 radical (unpaired) electrons. The van der Waals surface area contributed by atoms with Crippen LogP contribution in [0.4, 0.5) is 11.5 Å². The molecule has 0 unspecified atom stereocenters. The molecule has 0 saturated carbocycles. The van der Waals surface area contributed by atoms with Crippen LogP contribution in [0.25, 0.3) is 0 Å². The second kappa shape index (κ2) is 5.92. The van der Waals surface area contributed by atoms with Gasteiger partial charge in [-0.05, 0) is 42.8 Å². The van der Waals surface area contributed by atoms with Crippen LogP contribution in [0.15, 0.2) is 36.5 Å². The number of nitrogens with zero attached hydrogens (tertiary/aromatic N) is 2. The van der Waals surface area contributed by atoms with Crippen molar-refractivity contribution < 1.29 is 4.79 Å². The van der Waals surface area contributed by atoms with E-state index in [2.05, 4.69) is 10.3 Å². The maximum absolute atomic E-state index is 12.1. The molecular weight excluding hydrogens is 274 g/mol. The Balaban J connectivity index is 2.17. The van der Waals surface area contributed by atoms with Gasteiger partial charge < -0.3 is 10.2 Å². The topological polar surface area (TPSA) is 45.2 Å². The predicted octanol–water partition coefficient (Wildman–Crippen LogP) is 3.36. The van der Waals surface area contributed by atoms with Gasteiger partial charge >= 0.3 is 0 Å². The fraction of sp³-hybridized carbons (Fsp3) is 0.200. The van der Waals surface area contributed by atoms with Crippen LogP contribution < -0.4 is 10.2 Å². The Morgan fingerprint density at radius 1 is 1.25 bits per heavy atom. The standard InChI is InChI=1S/C15H16ClN3O/c1-10-8-11(4-6-13(10)19(2)3)15(20)18-14-7-5-12(16)9-17-14/h4-9H,1-3H3,(H,17,18,20). The molecule has 2 aromatic rings. The molecule has 1 heterocycles. The van der Waals surface area contributed by atoms with Crippen LogP contribution in [0.1, 0.15) is 15.9 Å². The molecule has 1 amide bonds. The van der Waals surface area contributed by atoms with E-state index in [-0.39, 0.29) is 5.91 Å². The molecule has 20 heavy (non-hydrogen) atoms. The Hall–Kier alpha value is -2.07. The van der Waals surface area contributed by atoms with Crippen molar-refractivity contribution in [3.05, 3.63) is 52.7 Å². The Morgan fingerprint density at radius 3 is 2.55 bits per heavy atom. The van der Waals surface area contributed by atoms with E-state index in [0.717, 1.165) is 11.3 Å². The molecule has 5 heteroatoms. The number of anilines is 2. The predicted molar refractivity (Wildman–Crippen MR) is 82.7 cm³/mol. The number of aromatic nitrogens is 1. The van der Waals surface area contributed by atoms with Crippen molar-refractivity contribution in [2.24, 2.45) is 0 Å². The van der Waals surface area contributed by atoms with E-state index >= 15 is 0 Å². The first-order valence-electron chi connectivity index (χ1n) is 6.18. The lowest BCUT2D eigenvalue weighted by molar-refractivity contribution is 0.102. The summed E-state index contributed by atoms with van der Waals surface area (Å²) in [6, 6.07) is 8.94. The molecule has 1 aromatic heterocycles. The minimum Gasteiger partial charge on any atom is -0.377 e. The van der Waals surface area contributed by atoms with E-state index in [9.17, 15) is 4.79 Å². The third kappa shape index (κ3) is 3.27. The zero-order valence-electron chi connectivity index (χ0n) is 11.6. The van der Waals surface area contributed by atoms with Gasteiger partial charge in [-0.3, -0.25) is 4.79 Å². The lowest BCUT2D eigenvalue weighted by atomic mass is 10.1. The zero-order chi connectivity index (χ0) is 14.7. The molecule has 1 aromatic carbocycles. The number of nitrogens with one attached hydrogen (secondary N) is 1. The number of rotatable bonds is 3. The molecule has 2 rings (SSSR count). The van der Waals surface area contributed by atoms with Crippen LogP contribution in [0.2, 0.25) is 5.02 Å². The first-order chi connectivity index (χ1) is 9.47. The summed E-state index contributed by atoms with van der Waals surface area (Å²) in [5, 5.41) is 3.28. The molecule has 0 spiro atoms. The normalized spacial score (nSPS) is 10.2. The van der Waals surface area contributed by atoms with Crippen LogP contribution in [0.5, 0.6) is 0 Å². The van der Waals surface area contributed by atoms with Gasteiger partial charge in [-0.25, -0.2) is 4.98 Å². The molecule has 0 aliphatic heterocycles. The first kappa shape index (κ1) is 14.3. The monoisotopic (exact) mass is 289 g/mol. The maximum Gasteiger partial charge on any atom is 0.256 e. The molecule has 0 atom stereocenters. The summed E-state index contributed by atoms with van der Waals surface area (Å²) in [6.07, 6.45) is 1.50. The fourth-order valence-electron chi connectivity index (χ4n) is 1.94. The van der Waals surface area contributed by atoms with Crippen molar-refractivity contribution in [2.75, 3.05) is 24.3 Å². The maximum atomic E-state index is 12.1. The summed E-state index contributed by atoms with van der Waals surface area (Å²) in [4.78, 5) is 18.2. The van der Waals surface area contributed by atoms with Crippen molar-refractivity contribution >= 4 is 29.0 Å². The van der Waals surface area contributed by atoms with E-state index in [1.165, 1.54) is 6.20 Å². The Labute approximate surface area is 123 Å². The first-order valence-corrected chi connectivity index (χ1v) is 6.56. The highest BCUT2D eigenvalue weighted by atomic mass is 35.5. The van der Waals surface area contributed by atoms with Gasteiger partial charge in [-0.15, -0.1) is 0 Å². The molecule has 0 fully saturated rings. The van der Waals surface area contributed by atoms with E-state index in [1.54, 1.807) is 18.2 Å². The Morgan fingerprint density at radius 2 is 2.00 bits per heavy atom. The average Bonchev–Trinajstić information content (AvgIpc) is 2.40. The quantitative estimate of drug-likeness (QED) is 0.942. The fourth-order valence-corrected chi connectivity index (χ4v) is 2.05. The van der Waals surface area contributed by atoms with E-state index in [1.807, 2.05) is 38.1 Å². The highest BCUT2D eigenvalue weighted by Gasteiger charge is 2.09. The number of amides is 1. The van der Waals surface area contributed by atoms with Crippen molar-refractivity contribution in [2.45, 2.75) is 6.92 Å². The minimum atomic E-state index is -0.187. The summed E-state index contributed by atoms with van der Waals surface area (Å²) in [6.45, 7) is 1.98.